The molecule has 2 nitrogen and oxygen atoms in total. The van der Waals surface area contributed by atoms with Crippen LogP contribution in [0.3, 0.4) is 0 Å². The van der Waals surface area contributed by atoms with Crippen molar-refractivity contribution in [3.05, 3.63) is 77.4 Å². The highest BCUT2D eigenvalue weighted by molar-refractivity contribution is 6.01. The average molecular weight is 287 g/mol. The summed E-state index contributed by atoms with van der Waals surface area (Å²) in [5.74, 6) is 0.215. The van der Waals surface area contributed by atoms with Crippen LogP contribution in [-0.2, 0) is 4.79 Å². The molecule has 0 saturated carbocycles. The molecule has 0 aromatic heterocycles. The molecule has 2 heteroatoms. The monoisotopic (exact) mass is 287 g/mol. The number of anilines is 1. The third-order valence-corrected chi connectivity index (χ3v) is 4.55. The topological polar surface area (TPSA) is 29.1 Å². The molecular formula is C20H17NO. The molecule has 0 fully saturated rings. The second-order valence-electron chi connectivity index (χ2n) is 5.91. The highest BCUT2D eigenvalue weighted by Crippen LogP contribution is 2.42. The number of benzene rings is 3. The zero-order chi connectivity index (χ0) is 15.1. The van der Waals surface area contributed by atoms with Crippen LogP contribution in [0, 0.1) is 6.92 Å². The molecule has 108 valence electrons. The molecule has 0 bridgehead atoms. The van der Waals surface area contributed by atoms with Crippen molar-refractivity contribution in [1.29, 1.82) is 0 Å². The zero-order valence-electron chi connectivity index (χ0n) is 12.5. The Hall–Kier alpha value is -2.61. The minimum atomic E-state index is 0.0936. The van der Waals surface area contributed by atoms with Crippen molar-refractivity contribution < 1.29 is 4.79 Å². The quantitative estimate of drug-likeness (QED) is 0.695. The first-order valence-corrected chi connectivity index (χ1v) is 7.61. The molecule has 4 rings (SSSR count). The van der Waals surface area contributed by atoms with Crippen molar-refractivity contribution in [1.82, 2.24) is 0 Å². The number of hydrogen-bond donors (Lipinski definition) is 1. The van der Waals surface area contributed by atoms with Crippen molar-refractivity contribution >= 4 is 22.4 Å². The van der Waals surface area contributed by atoms with Crippen LogP contribution in [0.5, 0.6) is 0 Å². The Bertz CT molecular complexity index is 882. The van der Waals surface area contributed by atoms with Crippen molar-refractivity contribution in [3.63, 3.8) is 0 Å². The molecule has 0 spiro atoms. The third-order valence-electron chi connectivity index (χ3n) is 4.55. The summed E-state index contributed by atoms with van der Waals surface area (Å²) in [5, 5.41) is 5.48. The highest BCUT2D eigenvalue weighted by Gasteiger charge is 2.28. The number of carbonyl (C=O) groups is 1. The average Bonchev–Trinajstić information content (AvgIpc) is 2.54. The molecule has 1 amide bonds. The lowest BCUT2D eigenvalue weighted by Crippen LogP contribution is -2.24. The lowest BCUT2D eigenvalue weighted by Gasteiger charge is -2.28. The van der Waals surface area contributed by atoms with Gasteiger partial charge in [0.2, 0.25) is 5.91 Å². The van der Waals surface area contributed by atoms with Gasteiger partial charge in [0.05, 0.1) is 0 Å². The number of carbonyl (C=O) groups excluding carboxylic acids is 1. The van der Waals surface area contributed by atoms with Gasteiger partial charge in [-0.1, -0.05) is 54.6 Å². The van der Waals surface area contributed by atoms with Gasteiger partial charge in [0.1, 0.15) is 0 Å². The minimum absolute atomic E-state index is 0.0936. The van der Waals surface area contributed by atoms with E-state index in [0.717, 1.165) is 5.69 Å². The molecule has 1 atom stereocenters. The summed E-state index contributed by atoms with van der Waals surface area (Å²) in [6.45, 7) is 2.12. The molecule has 1 aliphatic rings. The van der Waals surface area contributed by atoms with E-state index in [4.69, 9.17) is 0 Å². The van der Waals surface area contributed by atoms with E-state index in [1.165, 1.54) is 27.5 Å². The Kier molecular flexibility index (Phi) is 2.97. The zero-order valence-corrected chi connectivity index (χ0v) is 12.5. The highest BCUT2D eigenvalue weighted by atomic mass is 16.1. The van der Waals surface area contributed by atoms with Crippen LogP contribution < -0.4 is 5.32 Å². The predicted molar refractivity (Wildman–Crippen MR) is 90.2 cm³/mol. The van der Waals surface area contributed by atoms with Crippen LogP contribution in [0.25, 0.3) is 10.8 Å². The van der Waals surface area contributed by atoms with Gasteiger partial charge in [-0.3, -0.25) is 4.79 Å². The molecule has 1 heterocycles. The van der Waals surface area contributed by atoms with E-state index in [1.807, 2.05) is 12.1 Å². The number of rotatable bonds is 1. The van der Waals surface area contributed by atoms with Gasteiger partial charge in [-0.2, -0.15) is 0 Å². The van der Waals surface area contributed by atoms with Crippen molar-refractivity contribution in [2.75, 3.05) is 5.32 Å². The largest absolute Gasteiger partial charge is 0.326 e. The third kappa shape index (κ3) is 2.00. The van der Waals surface area contributed by atoms with Crippen molar-refractivity contribution in [2.24, 2.45) is 0 Å². The van der Waals surface area contributed by atoms with E-state index in [0.29, 0.717) is 6.42 Å². The Morgan fingerprint density at radius 1 is 0.955 bits per heavy atom. The fraction of sp³-hybridized carbons (Fsp3) is 0.150. The second kappa shape index (κ2) is 4.99. The van der Waals surface area contributed by atoms with E-state index >= 15 is 0 Å². The van der Waals surface area contributed by atoms with Gasteiger partial charge < -0.3 is 5.32 Å². The fourth-order valence-corrected chi connectivity index (χ4v) is 3.51. The summed E-state index contributed by atoms with van der Waals surface area (Å²) in [7, 11) is 0. The van der Waals surface area contributed by atoms with Gasteiger partial charge in [-0.05, 0) is 40.5 Å². The Morgan fingerprint density at radius 3 is 2.59 bits per heavy atom. The van der Waals surface area contributed by atoms with E-state index in [9.17, 15) is 4.79 Å². The minimum Gasteiger partial charge on any atom is -0.326 e. The van der Waals surface area contributed by atoms with E-state index in [-0.39, 0.29) is 11.8 Å². The van der Waals surface area contributed by atoms with Crippen molar-refractivity contribution in [2.45, 2.75) is 19.3 Å². The summed E-state index contributed by atoms with van der Waals surface area (Å²) in [6, 6.07) is 20.9. The normalized spacial score (nSPS) is 17.1. The smallest absolute Gasteiger partial charge is 0.225 e. The van der Waals surface area contributed by atoms with Crippen LogP contribution in [-0.4, -0.2) is 5.91 Å². The molecule has 1 N–H and O–H groups in total. The number of fused-ring (bicyclic) bond motifs is 3. The van der Waals surface area contributed by atoms with E-state index in [2.05, 4.69) is 60.8 Å². The summed E-state index contributed by atoms with van der Waals surface area (Å²) >= 11 is 0. The maximum absolute atomic E-state index is 12.1. The van der Waals surface area contributed by atoms with Gasteiger partial charge in [0.15, 0.2) is 0 Å². The Balaban J connectivity index is 2.02. The number of amides is 1. The Labute approximate surface area is 129 Å². The molecule has 0 aliphatic carbocycles. The molecule has 0 saturated heterocycles. The molecule has 0 radical (unpaired) electrons. The van der Waals surface area contributed by atoms with E-state index < -0.39 is 0 Å². The molecule has 22 heavy (non-hydrogen) atoms. The molecule has 1 aliphatic heterocycles. The summed E-state index contributed by atoms with van der Waals surface area (Å²) in [5.41, 5.74) is 4.67. The second-order valence-corrected chi connectivity index (χ2v) is 5.91. The number of hydrogen-bond acceptors (Lipinski definition) is 1. The maximum Gasteiger partial charge on any atom is 0.225 e. The van der Waals surface area contributed by atoms with Gasteiger partial charge in [-0.25, -0.2) is 0 Å². The van der Waals surface area contributed by atoms with Crippen LogP contribution >= 0.6 is 0 Å². The standard InChI is InChI=1S/C20H17NO/c1-13-6-2-4-8-15(13)17-12-19(22)21-18-11-10-14-7-3-5-9-16(14)20(17)18/h2-11,17H,12H2,1H3,(H,21,22)/t17-/m0/s1. The summed E-state index contributed by atoms with van der Waals surface area (Å²) in [4.78, 5) is 12.1. The fourth-order valence-electron chi connectivity index (χ4n) is 3.51. The first-order chi connectivity index (χ1) is 10.7. The van der Waals surface area contributed by atoms with Gasteiger partial charge >= 0.3 is 0 Å². The van der Waals surface area contributed by atoms with Gasteiger partial charge in [-0.15, -0.1) is 0 Å². The summed E-state index contributed by atoms with van der Waals surface area (Å²) in [6.07, 6.45) is 0.506. The predicted octanol–water partition coefficient (Wildman–Crippen LogP) is 4.62. The Morgan fingerprint density at radius 2 is 1.73 bits per heavy atom. The van der Waals surface area contributed by atoms with Crippen LogP contribution in [0.1, 0.15) is 29.0 Å². The van der Waals surface area contributed by atoms with Crippen LogP contribution in [0.2, 0.25) is 0 Å². The van der Waals surface area contributed by atoms with Gasteiger partial charge in [0, 0.05) is 18.0 Å². The molecule has 3 aromatic carbocycles. The maximum atomic E-state index is 12.1. The molecule has 0 unspecified atom stereocenters. The van der Waals surface area contributed by atoms with Crippen LogP contribution in [0.15, 0.2) is 60.7 Å². The number of aryl methyl sites for hydroxylation is 1. The first kappa shape index (κ1) is 13.1. The molecule has 3 aromatic rings. The first-order valence-electron chi connectivity index (χ1n) is 7.61. The summed E-state index contributed by atoms with van der Waals surface area (Å²) < 4.78 is 0. The number of nitrogens with one attached hydrogen (secondary N) is 1. The molecular weight excluding hydrogens is 270 g/mol. The van der Waals surface area contributed by atoms with E-state index in [1.54, 1.807) is 0 Å². The lowest BCUT2D eigenvalue weighted by molar-refractivity contribution is -0.116. The van der Waals surface area contributed by atoms with Gasteiger partial charge in [0.25, 0.3) is 0 Å². The van der Waals surface area contributed by atoms with Crippen molar-refractivity contribution in [3.8, 4) is 0 Å². The van der Waals surface area contributed by atoms with Crippen LogP contribution in [0.4, 0.5) is 5.69 Å². The SMILES string of the molecule is Cc1ccccc1[C@@H]1CC(=O)Nc2ccc3ccccc3c21. The lowest BCUT2D eigenvalue weighted by atomic mass is 9.80.